The third-order valence-electron chi connectivity index (χ3n) is 9.16. The van der Waals surface area contributed by atoms with E-state index in [1.54, 1.807) is 26.4 Å². The maximum Gasteiger partial charge on any atom is 0.349 e. The van der Waals surface area contributed by atoms with E-state index in [2.05, 4.69) is 57.6 Å². The molecule has 1 aliphatic heterocycles. The van der Waals surface area contributed by atoms with Gasteiger partial charge in [-0.25, -0.2) is 19.2 Å². The summed E-state index contributed by atoms with van der Waals surface area (Å²) in [5.74, 6) is -3.99. The van der Waals surface area contributed by atoms with Crippen LogP contribution in [0.1, 0.15) is 62.7 Å². The molecule has 6 rings (SSSR count). The van der Waals surface area contributed by atoms with E-state index in [1.165, 1.54) is 89.0 Å². The van der Waals surface area contributed by atoms with Crippen molar-refractivity contribution in [2.45, 2.75) is 49.3 Å². The second kappa shape index (κ2) is 16.7. The molecule has 1 unspecified atom stereocenters. The Morgan fingerprint density at radius 2 is 1.24 bits per heavy atom. The van der Waals surface area contributed by atoms with E-state index >= 15 is 0 Å². The number of carboxylic acid groups (broad SMARTS) is 2. The van der Waals surface area contributed by atoms with E-state index in [9.17, 15) is 29.4 Å². The molecule has 3 atom stereocenters. The van der Waals surface area contributed by atoms with Gasteiger partial charge in [-0.1, -0.05) is 76.9 Å². The summed E-state index contributed by atoms with van der Waals surface area (Å²) in [6.07, 6.45) is 0.295. The molecule has 1 fully saturated rings. The summed E-state index contributed by atoms with van der Waals surface area (Å²) in [6.45, 7) is 0.999. The van der Waals surface area contributed by atoms with Crippen molar-refractivity contribution >= 4 is 39.8 Å². The van der Waals surface area contributed by atoms with Gasteiger partial charge in [0.1, 0.15) is 0 Å². The van der Waals surface area contributed by atoms with Crippen molar-refractivity contribution in [3.63, 3.8) is 0 Å². The van der Waals surface area contributed by atoms with E-state index in [4.69, 9.17) is 18.9 Å². The molecule has 2 aliphatic rings. The number of benzene rings is 4. The van der Waals surface area contributed by atoms with Crippen LogP contribution < -0.4 is 14.8 Å². The summed E-state index contributed by atoms with van der Waals surface area (Å²) in [6, 6.07) is 28.2. The Kier molecular flexibility index (Phi) is 12.1. The Morgan fingerprint density at radius 3 is 1.69 bits per heavy atom. The lowest BCUT2D eigenvalue weighted by Gasteiger charge is -2.51. The van der Waals surface area contributed by atoms with Crippen LogP contribution in [0.25, 0.3) is 0 Å². The topological polar surface area (TPSA) is 158 Å². The molecule has 1 saturated carbocycles. The number of rotatable bonds is 11. The number of carboxylic acids is 2. The maximum absolute atomic E-state index is 12.0. The molecule has 51 heavy (non-hydrogen) atoms. The van der Waals surface area contributed by atoms with Crippen LogP contribution in [0.4, 0.5) is 0 Å². The van der Waals surface area contributed by atoms with Crippen LogP contribution in [0.2, 0.25) is 0 Å². The van der Waals surface area contributed by atoms with Gasteiger partial charge < -0.3 is 34.5 Å². The summed E-state index contributed by atoms with van der Waals surface area (Å²) in [5, 5.41) is 22.3. The van der Waals surface area contributed by atoms with Crippen molar-refractivity contribution in [3.8, 4) is 11.5 Å². The van der Waals surface area contributed by atoms with Gasteiger partial charge in [-0.05, 0) is 85.0 Å². The summed E-state index contributed by atoms with van der Waals surface area (Å²) < 4.78 is 21.8. The number of nitrogens with one attached hydrogen (secondary N) is 1. The molecule has 0 aromatic heterocycles. The molecule has 0 radical (unpaired) electrons. The minimum atomic E-state index is -2.21. The third-order valence-corrected chi connectivity index (χ3v) is 9.85. The first-order valence-electron chi connectivity index (χ1n) is 16.3. The largest absolute Gasteiger partial charge is 0.493 e. The van der Waals surface area contributed by atoms with Crippen LogP contribution in [-0.4, -0.2) is 67.1 Å². The van der Waals surface area contributed by atoms with E-state index in [-0.39, 0.29) is 16.5 Å². The molecule has 0 saturated heterocycles. The Morgan fingerprint density at radius 1 is 0.745 bits per heavy atom. The minimum absolute atomic E-state index is 0.0253. The number of esters is 2. The number of carbonyl (C=O) groups is 4. The van der Waals surface area contributed by atoms with Gasteiger partial charge in [-0.2, -0.15) is 0 Å². The second-order valence-electron chi connectivity index (χ2n) is 12.1. The number of halogens is 1. The van der Waals surface area contributed by atoms with Gasteiger partial charge >= 0.3 is 23.9 Å². The molecule has 4 aromatic rings. The van der Waals surface area contributed by atoms with Crippen molar-refractivity contribution < 1.29 is 48.3 Å². The molecule has 12 heteroatoms. The third kappa shape index (κ3) is 8.24. The highest BCUT2D eigenvalue weighted by Gasteiger charge is 2.48. The SMILES string of the molecule is COc1cc2c(cc1OC)C(C1(c3ccccc3Br)CCC1)NCC2.O=C(O[C@@H](C(=O)O)[C@@H](OC(=O)c1ccccc1)C(=O)O)c1ccccc1. The number of fused-ring (bicyclic) bond motifs is 1. The van der Waals surface area contributed by atoms with Gasteiger partial charge in [0.2, 0.25) is 12.2 Å². The quantitative estimate of drug-likeness (QED) is 0.146. The van der Waals surface area contributed by atoms with Gasteiger partial charge in [0.25, 0.3) is 0 Å². The number of ether oxygens (including phenoxy) is 4. The Balaban J connectivity index is 0.000000198. The lowest BCUT2D eigenvalue weighted by atomic mass is 9.58. The predicted molar refractivity (Wildman–Crippen MR) is 190 cm³/mol. The average molecular weight is 761 g/mol. The standard InChI is InChI=1S/C21H24BrNO2.C18H14O8/c1-24-18-12-14-8-11-23-20(15(14)13-19(18)25-2)21(9-5-10-21)16-6-3-4-7-17(16)22;19-15(20)13(25-17(23)11-7-3-1-4-8-11)14(16(21)22)26-18(24)12-9-5-2-6-10-12/h3-4,6-7,12-13,20,23H,5,8-11H2,1-2H3;1-10,13-14H,(H,19,20)(H,21,22)/t;13-,14-/m.1/s1. The first-order valence-corrected chi connectivity index (χ1v) is 17.1. The minimum Gasteiger partial charge on any atom is -0.493 e. The lowest BCUT2D eigenvalue weighted by molar-refractivity contribution is -0.166. The van der Waals surface area contributed by atoms with Crippen molar-refractivity contribution in [2.24, 2.45) is 0 Å². The van der Waals surface area contributed by atoms with Crippen molar-refractivity contribution in [1.29, 1.82) is 0 Å². The smallest absolute Gasteiger partial charge is 0.349 e. The molecular weight excluding hydrogens is 722 g/mol. The molecular formula is C39H38BrNO10. The molecule has 11 nitrogen and oxygen atoms in total. The van der Waals surface area contributed by atoms with Crippen LogP contribution >= 0.6 is 15.9 Å². The molecule has 1 aliphatic carbocycles. The van der Waals surface area contributed by atoms with Gasteiger partial charge in [0.15, 0.2) is 11.5 Å². The zero-order valence-electron chi connectivity index (χ0n) is 28.0. The zero-order chi connectivity index (χ0) is 36.5. The van der Waals surface area contributed by atoms with Gasteiger partial charge in [0.05, 0.1) is 25.3 Å². The normalized spacial score (nSPS) is 16.7. The van der Waals surface area contributed by atoms with Crippen LogP contribution in [0, 0.1) is 0 Å². The van der Waals surface area contributed by atoms with Crippen LogP contribution in [0.5, 0.6) is 11.5 Å². The summed E-state index contributed by atoms with van der Waals surface area (Å²) >= 11 is 3.79. The van der Waals surface area contributed by atoms with E-state index in [0.29, 0.717) is 6.04 Å². The highest BCUT2D eigenvalue weighted by atomic mass is 79.9. The van der Waals surface area contributed by atoms with Crippen LogP contribution in [0.15, 0.2) is 102 Å². The zero-order valence-corrected chi connectivity index (χ0v) is 29.6. The number of methoxy groups -OCH3 is 2. The molecule has 4 aromatic carbocycles. The Hall–Kier alpha value is -5.20. The fourth-order valence-electron chi connectivity index (χ4n) is 6.51. The number of hydrogen-bond donors (Lipinski definition) is 3. The molecule has 3 N–H and O–H groups in total. The summed E-state index contributed by atoms with van der Waals surface area (Å²) in [5.41, 5.74) is 4.35. The van der Waals surface area contributed by atoms with Gasteiger partial charge in [-0.15, -0.1) is 0 Å². The highest BCUT2D eigenvalue weighted by molar-refractivity contribution is 9.10. The van der Waals surface area contributed by atoms with Gasteiger partial charge in [0, 0.05) is 15.9 Å². The fourth-order valence-corrected chi connectivity index (χ4v) is 7.19. The van der Waals surface area contributed by atoms with Crippen molar-refractivity contribution in [3.05, 3.63) is 129 Å². The van der Waals surface area contributed by atoms with E-state index in [1.807, 2.05) is 0 Å². The van der Waals surface area contributed by atoms with Crippen molar-refractivity contribution in [2.75, 3.05) is 20.8 Å². The summed E-state index contributed by atoms with van der Waals surface area (Å²) in [4.78, 5) is 46.8. The first-order chi connectivity index (χ1) is 24.6. The molecule has 0 bridgehead atoms. The first kappa shape index (κ1) is 37.1. The summed E-state index contributed by atoms with van der Waals surface area (Å²) in [7, 11) is 3.42. The lowest BCUT2D eigenvalue weighted by Crippen LogP contribution is -2.49. The number of hydrogen-bond acceptors (Lipinski definition) is 9. The fraction of sp³-hybridized carbons (Fsp3) is 0.282. The van der Waals surface area contributed by atoms with E-state index < -0.39 is 36.1 Å². The van der Waals surface area contributed by atoms with E-state index in [0.717, 1.165) is 24.5 Å². The van der Waals surface area contributed by atoms with Crippen molar-refractivity contribution in [1.82, 2.24) is 5.32 Å². The molecule has 0 spiro atoms. The second-order valence-corrected chi connectivity index (χ2v) is 12.9. The Labute approximate surface area is 303 Å². The highest BCUT2D eigenvalue weighted by Crippen LogP contribution is 2.55. The molecule has 266 valence electrons. The average Bonchev–Trinajstić information content (AvgIpc) is 3.13. The molecule has 0 amide bonds. The predicted octanol–water partition coefficient (Wildman–Crippen LogP) is 6.38. The molecule has 1 heterocycles. The number of carbonyl (C=O) groups excluding carboxylic acids is 2. The monoisotopic (exact) mass is 759 g/mol. The van der Waals surface area contributed by atoms with Crippen LogP contribution in [0.3, 0.4) is 0 Å². The number of aliphatic carboxylic acids is 2. The maximum atomic E-state index is 12.0. The van der Waals surface area contributed by atoms with Crippen LogP contribution in [-0.2, 0) is 30.9 Å². The van der Waals surface area contributed by atoms with Gasteiger partial charge in [-0.3, -0.25) is 0 Å². The Bertz CT molecular complexity index is 1790.